The highest BCUT2D eigenvalue weighted by molar-refractivity contribution is 7.76. The van der Waals surface area contributed by atoms with E-state index >= 15 is 0 Å². The van der Waals surface area contributed by atoms with Crippen LogP contribution in [0.1, 0.15) is 40.7 Å². The normalized spacial score (nSPS) is 19.3. The van der Waals surface area contributed by atoms with Crippen LogP contribution < -0.4 is 10.0 Å². The van der Waals surface area contributed by atoms with Crippen LogP contribution in [0.2, 0.25) is 0 Å². The number of urea groups is 1. The van der Waals surface area contributed by atoms with Crippen molar-refractivity contribution >= 4 is 28.2 Å². The van der Waals surface area contributed by atoms with Crippen molar-refractivity contribution in [3.8, 4) is 0 Å². The Morgan fingerprint density at radius 2 is 1.70 bits per heavy atom. The first-order valence-electron chi connectivity index (χ1n) is 11.9. The van der Waals surface area contributed by atoms with Crippen LogP contribution in [0.4, 0.5) is 16.2 Å². The molecule has 2 aromatic rings. The molecule has 8 heteroatoms. The molecule has 2 aromatic carbocycles. The van der Waals surface area contributed by atoms with E-state index in [-0.39, 0.29) is 0 Å². The topological polar surface area (TPSA) is 77.0 Å². The van der Waals surface area contributed by atoms with E-state index in [1.807, 2.05) is 18.2 Å². The summed E-state index contributed by atoms with van der Waals surface area (Å²) in [5.74, 6) is 0. The Kier molecular flexibility index (Phi) is 6.66. The molecule has 3 aliphatic rings. The molecule has 1 heterocycles. The highest BCUT2D eigenvalue weighted by Gasteiger charge is 2.24. The lowest BCUT2D eigenvalue weighted by molar-refractivity contribution is 0.148. The number of benzene rings is 2. The maximum atomic E-state index is 12.6. The lowest BCUT2D eigenvalue weighted by Gasteiger charge is -2.32. The number of carbonyl (C=O) groups excluding carboxylic acids is 1. The van der Waals surface area contributed by atoms with Gasteiger partial charge in [0.1, 0.15) is 0 Å². The summed E-state index contributed by atoms with van der Waals surface area (Å²) < 4.78 is 19.3. The first kappa shape index (κ1) is 22.4. The molecule has 2 aliphatic carbocycles. The molecule has 0 radical (unpaired) electrons. The number of nitrogens with one attached hydrogen (secondary N) is 2. The number of rotatable bonds is 5. The average Bonchev–Trinajstić information content (AvgIpc) is 3.45. The number of likely N-dealkylation sites (N-methyl/N-ethyl adjacent to an activating group) is 1. The predicted molar refractivity (Wildman–Crippen MR) is 133 cm³/mol. The lowest BCUT2D eigenvalue weighted by atomic mass is 9.99. The molecule has 0 unspecified atom stereocenters. The van der Waals surface area contributed by atoms with Crippen molar-refractivity contribution in [2.24, 2.45) is 4.36 Å². The van der Waals surface area contributed by atoms with E-state index in [0.29, 0.717) is 5.69 Å². The van der Waals surface area contributed by atoms with Crippen LogP contribution in [0.25, 0.3) is 0 Å². The summed E-state index contributed by atoms with van der Waals surface area (Å²) in [5.41, 5.74) is 7.98. The Morgan fingerprint density at radius 3 is 2.39 bits per heavy atom. The van der Waals surface area contributed by atoms with E-state index in [1.54, 1.807) is 0 Å². The molecule has 0 aromatic heterocycles. The smallest absolute Gasteiger partial charge is 0.323 e. The molecule has 0 atom stereocenters. The number of piperazine rings is 1. The summed E-state index contributed by atoms with van der Waals surface area (Å²) in [5, 5.41) is 2.98. The van der Waals surface area contributed by atoms with Gasteiger partial charge in [-0.2, -0.15) is 0 Å². The quantitative estimate of drug-likeness (QED) is 0.650. The minimum atomic E-state index is -1.85. The maximum absolute atomic E-state index is 12.6. The average molecular weight is 467 g/mol. The van der Waals surface area contributed by atoms with Gasteiger partial charge in [0, 0.05) is 44.1 Å². The van der Waals surface area contributed by atoms with Crippen LogP contribution in [0, 0.1) is 0 Å². The van der Waals surface area contributed by atoms with Crippen molar-refractivity contribution in [1.82, 2.24) is 9.80 Å². The van der Waals surface area contributed by atoms with Gasteiger partial charge in [-0.1, -0.05) is 29.0 Å². The summed E-state index contributed by atoms with van der Waals surface area (Å²) in [6.07, 6.45) is 6.35. The number of anilines is 2. The van der Waals surface area contributed by atoms with Gasteiger partial charge in [0.05, 0.1) is 0 Å². The molecule has 7 nitrogen and oxygen atoms in total. The van der Waals surface area contributed by atoms with Gasteiger partial charge in [0.25, 0.3) is 0 Å². The zero-order valence-electron chi connectivity index (χ0n) is 19.2. The number of amides is 2. The van der Waals surface area contributed by atoms with Crippen molar-refractivity contribution in [3.63, 3.8) is 0 Å². The van der Waals surface area contributed by atoms with E-state index in [2.05, 4.69) is 43.4 Å². The third-order valence-corrected chi connectivity index (χ3v) is 7.75. The molecule has 176 valence electrons. The van der Waals surface area contributed by atoms with Gasteiger partial charge >= 0.3 is 6.03 Å². The summed E-state index contributed by atoms with van der Waals surface area (Å²) in [4.78, 5) is 17.4. The third kappa shape index (κ3) is 5.23. The van der Waals surface area contributed by atoms with E-state index in [1.165, 1.54) is 22.3 Å². The van der Waals surface area contributed by atoms with E-state index in [0.717, 1.165) is 82.5 Å². The van der Waals surface area contributed by atoms with Crippen LogP contribution in [-0.2, 0) is 47.2 Å². The molecule has 0 saturated carbocycles. The van der Waals surface area contributed by atoms with Crippen molar-refractivity contribution in [3.05, 3.63) is 58.1 Å². The van der Waals surface area contributed by atoms with Gasteiger partial charge in [-0.15, -0.1) is 0 Å². The first-order valence-corrected chi connectivity index (χ1v) is 13.0. The molecule has 5 rings (SSSR count). The highest BCUT2D eigenvalue weighted by atomic mass is 32.2. The van der Waals surface area contributed by atoms with Crippen LogP contribution in [0.5, 0.6) is 0 Å². The van der Waals surface area contributed by atoms with Crippen molar-refractivity contribution in [1.29, 1.82) is 0 Å². The fraction of sp³-hybridized carbons (Fsp3) is 0.480. The molecule has 33 heavy (non-hydrogen) atoms. The van der Waals surface area contributed by atoms with Crippen LogP contribution in [0.15, 0.2) is 34.7 Å². The van der Waals surface area contributed by atoms with Gasteiger partial charge in [0.2, 0.25) is 0 Å². The van der Waals surface area contributed by atoms with Gasteiger partial charge in [0.15, 0.2) is 0 Å². The summed E-state index contributed by atoms with van der Waals surface area (Å²) in [6, 6.07) is 9.64. The first-order chi connectivity index (χ1) is 16.0. The number of carbonyl (C=O) groups is 1. The zero-order chi connectivity index (χ0) is 22.8. The summed E-state index contributed by atoms with van der Waals surface area (Å²) in [6.45, 7) is 5.09. The van der Waals surface area contributed by atoms with Gasteiger partial charge in [-0.05, 0) is 85.5 Å². The predicted octanol–water partition coefficient (Wildman–Crippen LogP) is 4.12. The third-order valence-electron chi connectivity index (χ3n) is 7.01. The number of hydrogen-bond donors (Lipinski definition) is 2. The van der Waals surface area contributed by atoms with E-state index in [9.17, 15) is 9.00 Å². The number of aryl methyl sites for hydroxylation is 2. The molecule has 2 amide bonds. The van der Waals surface area contributed by atoms with E-state index < -0.39 is 16.8 Å². The second kappa shape index (κ2) is 9.83. The lowest BCUT2D eigenvalue weighted by Crippen LogP contribution is -2.43. The monoisotopic (exact) mass is 466 g/mol. The largest absolute Gasteiger partial charge is 0.435 e. The Labute approximate surface area is 197 Å². The number of hydrogen-bond acceptors (Lipinski definition) is 5. The molecule has 1 fully saturated rings. The van der Waals surface area contributed by atoms with Crippen LogP contribution >= 0.6 is 0 Å². The second-order valence-electron chi connectivity index (χ2n) is 9.39. The van der Waals surface area contributed by atoms with Gasteiger partial charge in [-0.25, -0.2) is 4.79 Å². The zero-order valence-corrected chi connectivity index (χ0v) is 20.0. The van der Waals surface area contributed by atoms with Crippen molar-refractivity contribution in [2.45, 2.75) is 45.1 Å². The Morgan fingerprint density at radius 1 is 1.00 bits per heavy atom. The molecular weight excluding hydrogens is 434 g/mol. The summed E-state index contributed by atoms with van der Waals surface area (Å²) >= 11 is 0. The van der Waals surface area contributed by atoms with E-state index in [4.69, 9.17) is 0 Å². The fourth-order valence-electron chi connectivity index (χ4n) is 5.29. The molecule has 0 spiro atoms. The Balaban J connectivity index is 1.24. The molecule has 0 bridgehead atoms. The molecule has 2 N–H and O–H groups in total. The Hall–Kier alpha value is -2.42. The minimum absolute atomic E-state index is 0.552. The standard InChI is InChI=1S/C25H32N5O2S/c1-29-11-13-30(14-12-29)17-18-5-2-8-21(15-18)27-33(32)28-25(31)26-24-22-9-3-6-19(22)16-20-7-4-10-23(20)24/h2,5,8,15-16H,3-4,6-7,9-14,17H2,1H3,(H2,26,27,28,31,32)/q-1. The highest BCUT2D eigenvalue weighted by Crippen LogP contribution is 2.38. The maximum Gasteiger partial charge on any atom is 0.323 e. The fourth-order valence-corrected chi connectivity index (χ4v) is 5.86. The summed E-state index contributed by atoms with van der Waals surface area (Å²) in [7, 11) is 0.300. The molecule has 1 saturated heterocycles. The molecule has 1 aliphatic heterocycles. The van der Waals surface area contributed by atoms with Gasteiger partial charge < -0.3 is 19.1 Å². The van der Waals surface area contributed by atoms with Crippen LogP contribution in [-0.4, -0.2) is 49.1 Å². The van der Waals surface area contributed by atoms with Gasteiger partial charge in [-0.3, -0.25) is 9.26 Å². The Bertz CT molecular complexity index is 1100. The van der Waals surface area contributed by atoms with Crippen LogP contribution in [0.3, 0.4) is 0 Å². The second-order valence-corrected chi connectivity index (χ2v) is 10.3. The number of fused-ring (bicyclic) bond motifs is 2. The SMILES string of the molecule is CN1CCN(Cc2cccc(N[S-](=O)=NC(=O)Nc3c4c(cc5c3CCC5)CCC4)c2)CC1. The van der Waals surface area contributed by atoms with Crippen molar-refractivity contribution in [2.75, 3.05) is 43.3 Å². The minimum Gasteiger partial charge on any atom is -0.435 e. The number of nitrogens with zero attached hydrogens (tertiary/aromatic N) is 3. The van der Waals surface area contributed by atoms with Crippen molar-refractivity contribution < 1.29 is 9.00 Å². The molecular formula is C25H32N5O2S-.